The van der Waals surface area contributed by atoms with Gasteiger partial charge >= 0.3 is 5.97 Å². The van der Waals surface area contributed by atoms with Crippen LogP contribution in [0.2, 0.25) is 0 Å². The van der Waals surface area contributed by atoms with Crippen molar-refractivity contribution in [2.24, 2.45) is 0 Å². The van der Waals surface area contributed by atoms with Gasteiger partial charge in [0.1, 0.15) is 0 Å². The summed E-state index contributed by atoms with van der Waals surface area (Å²) >= 11 is 0. The number of esters is 1. The topological polar surface area (TPSA) is 46.6 Å². The van der Waals surface area contributed by atoms with E-state index in [4.69, 9.17) is 4.74 Å². The van der Waals surface area contributed by atoms with Gasteiger partial charge in [0.15, 0.2) is 5.60 Å². The van der Waals surface area contributed by atoms with Crippen LogP contribution in [0, 0.1) is 0 Å². The number of piperidine rings is 1. The molecule has 1 spiro atoms. The predicted octanol–water partition coefficient (Wildman–Crippen LogP) is 1.01. The highest BCUT2D eigenvalue weighted by atomic mass is 16.6. The zero-order valence-electron chi connectivity index (χ0n) is 9.36. The molecule has 0 bridgehead atoms. The van der Waals surface area contributed by atoms with Crippen LogP contribution in [-0.4, -0.2) is 34.5 Å². The normalized spacial score (nSPS) is 41.7. The van der Waals surface area contributed by atoms with Gasteiger partial charge in [-0.05, 0) is 32.3 Å². The van der Waals surface area contributed by atoms with Crippen LogP contribution in [0.1, 0.15) is 32.6 Å². The Morgan fingerprint density at radius 2 is 2.19 bits per heavy atom. The lowest BCUT2D eigenvalue weighted by atomic mass is 9.73. The molecule has 4 nitrogen and oxygen atoms in total. The summed E-state index contributed by atoms with van der Waals surface area (Å²) in [4.78, 5) is 25.0. The smallest absolute Gasteiger partial charge is 0.331 e. The maximum atomic E-state index is 11.8. The zero-order valence-corrected chi connectivity index (χ0v) is 9.36. The van der Waals surface area contributed by atoms with Gasteiger partial charge in [0.2, 0.25) is 5.91 Å². The molecule has 4 heteroatoms. The van der Waals surface area contributed by atoms with E-state index >= 15 is 0 Å². The average molecular weight is 221 g/mol. The summed E-state index contributed by atoms with van der Waals surface area (Å²) in [6.45, 7) is 2.84. The third-order valence-electron chi connectivity index (χ3n) is 4.34. The Balaban J connectivity index is 2.04. The highest BCUT2D eigenvalue weighted by molar-refractivity contribution is 5.87. The summed E-state index contributed by atoms with van der Waals surface area (Å²) in [5.41, 5.74) is -0.889. The maximum Gasteiger partial charge on any atom is 0.331 e. The minimum atomic E-state index is -0.561. The Bertz CT molecular complexity index is 403. The number of hydrogen-bond acceptors (Lipinski definition) is 3. The van der Waals surface area contributed by atoms with Gasteiger partial charge in [0.05, 0.1) is 5.54 Å². The Labute approximate surface area is 94.2 Å². The van der Waals surface area contributed by atoms with Crippen LogP contribution in [-0.2, 0) is 14.3 Å². The lowest BCUT2D eigenvalue weighted by molar-refractivity contribution is -0.168. The number of carbonyl (C=O) groups is 2. The summed E-state index contributed by atoms with van der Waals surface area (Å²) in [6, 6.07) is 0. The van der Waals surface area contributed by atoms with E-state index in [0.717, 1.165) is 25.8 Å². The molecular formula is C12H15NO3. The Morgan fingerprint density at radius 1 is 1.38 bits per heavy atom. The predicted molar refractivity (Wildman–Crippen MR) is 56.5 cm³/mol. The molecule has 2 saturated heterocycles. The molecule has 0 saturated carbocycles. The highest BCUT2D eigenvalue weighted by Gasteiger charge is 2.60. The summed E-state index contributed by atoms with van der Waals surface area (Å²) in [7, 11) is 0. The first kappa shape index (κ1) is 9.87. The van der Waals surface area contributed by atoms with Gasteiger partial charge in [0, 0.05) is 19.0 Å². The lowest BCUT2D eigenvalue weighted by Crippen LogP contribution is -2.63. The van der Waals surface area contributed by atoms with Crippen molar-refractivity contribution in [1.82, 2.24) is 4.90 Å². The van der Waals surface area contributed by atoms with Crippen LogP contribution in [0.4, 0.5) is 0 Å². The number of carbonyl (C=O) groups excluding carboxylic acids is 2. The lowest BCUT2D eigenvalue weighted by Gasteiger charge is -2.50. The molecule has 2 fully saturated rings. The van der Waals surface area contributed by atoms with Crippen molar-refractivity contribution >= 4 is 11.9 Å². The van der Waals surface area contributed by atoms with Crippen molar-refractivity contribution < 1.29 is 14.3 Å². The van der Waals surface area contributed by atoms with Crippen molar-refractivity contribution in [1.29, 1.82) is 0 Å². The van der Waals surface area contributed by atoms with Gasteiger partial charge in [-0.15, -0.1) is 0 Å². The van der Waals surface area contributed by atoms with E-state index in [0.29, 0.717) is 6.42 Å². The summed E-state index contributed by atoms with van der Waals surface area (Å²) < 4.78 is 5.51. The van der Waals surface area contributed by atoms with Crippen molar-refractivity contribution in [3.05, 3.63) is 12.2 Å². The van der Waals surface area contributed by atoms with E-state index in [1.54, 1.807) is 0 Å². The van der Waals surface area contributed by atoms with E-state index in [1.165, 1.54) is 6.08 Å². The van der Waals surface area contributed by atoms with E-state index < -0.39 is 5.60 Å². The molecule has 3 aliphatic rings. The molecule has 0 aromatic carbocycles. The summed E-state index contributed by atoms with van der Waals surface area (Å²) in [5.74, 6) is -0.0830. The number of rotatable bonds is 0. The van der Waals surface area contributed by atoms with Crippen molar-refractivity contribution in [2.75, 3.05) is 6.54 Å². The molecule has 16 heavy (non-hydrogen) atoms. The number of fused-ring (bicyclic) bond motifs is 2. The fourth-order valence-electron chi connectivity index (χ4n) is 3.35. The van der Waals surface area contributed by atoms with Crippen molar-refractivity contribution in [3.8, 4) is 0 Å². The second kappa shape index (κ2) is 2.87. The van der Waals surface area contributed by atoms with E-state index in [-0.39, 0.29) is 17.4 Å². The van der Waals surface area contributed by atoms with Crippen LogP contribution < -0.4 is 0 Å². The second-order valence-corrected chi connectivity index (χ2v) is 5.07. The van der Waals surface area contributed by atoms with E-state index in [9.17, 15) is 9.59 Å². The molecule has 1 amide bonds. The fraction of sp³-hybridized carbons (Fsp3) is 0.667. The molecular weight excluding hydrogens is 206 g/mol. The van der Waals surface area contributed by atoms with Gasteiger partial charge in [-0.25, -0.2) is 4.79 Å². The second-order valence-electron chi connectivity index (χ2n) is 5.07. The highest BCUT2D eigenvalue weighted by Crippen LogP contribution is 2.49. The minimum absolute atomic E-state index is 0.193. The van der Waals surface area contributed by atoms with Crippen LogP contribution in [0.15, 0.2) is 12.2 Å². The van der Waals surface area contributed by atoms with Gasteiger partial charge in [-0.2, -0.15) is 0 Å². The quantitative estimate of drug-likeness (QED) is 0.574. The van der Waals surface area contributed by atoms with Crippen LogP contribution >= 0.6 is 0 Å². The third kappa shape index (κ3) is 0.996. The Hall–Kier alpha value is -1.32. The molecule has 3 rings (SSSR count). The first-order valence-electron chi connectivity index (χ1n) is 5.80. The molecule has 0 aromatic heterocycles. The SMILES string of the molecule is C[C@]12CCC(=O)N1CCC[C@@]21C=CC(=O)O1. The van der Waals surface area contributed by atoms with Gasteiger partial charge in [-0.1, -0.05) is 0 Å². The van der Waals surface area contributed by atoms with E-state index in [2.05, 4.69) is 0 Å². The first-order chi connectivity index (χ1) is 7.57. The third-order valence-corrected chi connectivity index (χ3v) is 4.34. The molecule has 3 heterocycles. The standard InChI is InChI=1S/C12H15NO3/c1-11-6-3-9(14)13(11)8-2-5-12(11)7-4-10(15)16-12/h4,7H,2-3,5-6,8H2,1H3/t11-,12-/m1/s1. The average Bonchev–Trinajstić information content (AvgIpc) is 2.75. The summed E-state index contributed by atoms with van der Waals surface area (Å²) in [5, 5.41) is 0. The fourth-order valence-corrected chi connectivity index (χ4v) is 3.35. The van der Waals surface area contributed by atoms with E-state index in [1.807, 2.05) is 17.9 Å². The molecule has 0 N–H and O–H groups in total. The number of ether oxygens (including phenoxy) is 1. The van der Waals surface area contributed by atoms with Crippen molar-refractivity contribution in [3.63, 3.8) is 0 Å². The Morgan fingerprint density at radius 3 is 2.88 bits per heavy atom. The number of amides is 1. The molecule has 86 valence electrons. The monoisotopic (exact) mass is 221 g/mol. The molecule has 0 radical (unpaired) electrons. The largest absolute Gasteiger partial charge is 0.449 e. The first-order valence-corrected chi connectivity index (χ1v) is 5.80. The number of nitrogens with zero attached hydrogens (tertiary/aromatic N) is 1. The van der Waals surface area contributed by atoms with Gasteiger partial charge in [-0.3, -0.25) is 4.79 Å². The molecule has 3 aliphatic heterocycles. The summed E-state index contributed by atoms with van der Waals surface area (Å²) in [6.07, 6.45) is 6.44. The van der Waals surface area contributed by atoms with Crippen LogP contribution in [0.5, 0.6) is 0 Å². The van der Waals surface area contributed by atoms with Gasteiger partial charge < -0.3 is 9.64 Å². The van der Waals surface area contributed by atoms with Crippen LogP contribution in [0.25, 0.3) is 0 Å². The molecule has 0 aromatic rings. The molecule has 0 unspecified atom stereocenters. The minimum Gasteiger partial charge on any atom is -0.449 e. The molecule has 0 aliphatic carbocycles. The Kier molecular flexibility index (Phi) is 1.77. The molecule has 2 atom stereocenters. The van der Waals surface area contributed by atoms with Gasteiger partial charge in [0.25, 0.3) is 0 Å². The number of hydrogen-bond donors (Lipinski definition) is 0. The zero-order chi connectivity index (χ0) is 11.4. The van der Waals surface area contributed by atoms with Crippen LogP contribution in [0.3, 0.4) is 0 Å². The van der Waals surface area contributed by atoms with Crippen molar-refractivity contribution in [2.45, 2.75) is 43.7 Å². The maximum absolute atomic E-state index is 11.8.